The van der Waals surface area contributed by atoms with Gasteiger partial charge < -0.3 is 26.0 Å². The van der Waals surface area contributed by atoms with Gasteiger partial charge in [-0.25, -0.2) is 0 Å². The molecule has 0 radical (unpaired) electrons. The molecule has 148 valence electrons. The van der Waals surface area contributed by atoms with E-state index in [2.05, 4.69) is 0 Å². The maximum atomic E-state index is 12.6. The summed E-state index contributed by atoms with van der Waals surface area (Å²) in [6.45, 7) is -0.108. The lowest BCUT2D eigenvalue weighted by Crippen LogP contribution is -2.61. The topological polar surface area (TPSA) is 136 Å². The average Bonchev–Trinajstić information content (AvgIpc) is 2.63. The number of amides is 3. The Morgan fingerprint density at radius 3 is 2.41 bits per heavy atom. The summed E-state index contributed by atoms with van der Waals surface area (Å²) in [4.78, 5) is 50.2. The Hall–Kier alpha value is -2.65. The van der Waals surface area contributed by atoms with E-state index in [-0.39, 0.29) is 51.6 Å². The van der Waals surface area contributed by atoms with Crippen LogP contribution in [0.4, 0.5) is 0 Å². The zero-order valence-electron chi connectivity index (χ0n) is 14.7. The summed E-state index contributed by atoms with van der Waals surface area (Å²) in [5.41, 5.74) is 11.4. The van der Waals surface area contributed by atoms with Gasteiger partial charge in [0, 0.05) is 13.1 Å². The van der Waals surface area contributed by atoms with Crippen molar-refractivity contribution in [1.29, 1.82) is 0 Å². The molecule has 1 saturated heterocycles. The Morgan fingerprint density at radius 2 is 1.81 bits per heavy atom. The monoisotopic (exact) mass is 398 g/mol. The Kier molecular flexibility index (Phi) is 8.70. The molecule has 9 nitrogen and oxygen atoms in total. The van der Waals surface area contributed by atoms with E-state index < -0.39 is 29.7 Å². The molecule has 0 spiro atoms. The first-order valence-electron chi connectivity index (χ1n) is 8.18. The highest BCUT2D eigenvalue weighted by molar-refractivity contribution is 5.94. The van der Waals surface area contributed by atoms with Crippen LogP contribution in [0.5, 0.6) is 0 Å². The molecular formula is C17H23ClN4O5. The van der Waals surface area contributed by atoms with Crippen LogP contribution in [-0.4, -0.2) is 65.7 Å². The zero-order valence-corrected chi connectivity index (χ0v) is 15.5. The third kappa shape index (κ3) is 6.22. The third-order valence-electron chi connectivity index (χ3n) is 4.04. The number of nitrogens with two attached hydrogens (primary N) is 2. The van der Waals surface area contributed by atoms with Gasteiger partial charge in [0.05, 0.1) is 13.0 Å². The lowest BCUT2D eigenvalue weighted by molar-refractivity contribution is -0.158. The summed E-state index contributed by atoms with van der Waals surface area (Å²) in [7, 11) is 0. The van der Waals surface area contributed by atoms with Crippen LogP contribution >= 0.6 is 12.4 Å². The molecule has 1 fully saturated rings. The second-order valence-electron chi connectivity index (χ2n) is 5.88. The number of benzene rings is 1. The third-order valence-corrected chi connectivity index (χ3v) is 4.04. The quantitative estimate of drug-likeness (QED) is 0.567. The fourth-order valence-electron chi connectivity index (χ4n) is 2.74. The largest absolute Gasteiger partial charge is 0.459 e. The van der Waals surface area contributed by atoms with Gasteiger partial charge in [-0.1, -0.05) is 30.3 Å². The van der Waals surface area contributed by atoms with Gasteiger partial charge in [0.1, 0.15) is 19.2 Å². The minimum absolute atomic E-state index is 0. The Labute approximate surface area is 163 Å². The number of halogens is 1. The van der Waals surface area contributed by atoms with Crippen LogP contribution in [0.2, 0.25) is 0 Å². The second kappa shape index (κ2) is 10.5. The summed E-state index contributed by atoms with van der Waals surface area (Å²) in [6.07, 6.45) is -0.319. The minimum atomic E-state index is -1.04. The van der Waals surface area contributed by atoms with Gasteiger partial charge >= 0.3 is 5.97 Å². The summed E-state index contributed by atoms with van der Waals surface area (Å²) in [5.74, 6) is -2.25. The van der Waals surface area contributed by atoms with Crippen molar-refractivity contribution in [3.05, 3.63) is 35.9 Å². The lowest BCUT2D eigenvalue weighted by atomic mass is 10.1. The van der Waals surface area contributed by atoms with Gasteiger partial charge in [0.2, 0.25) is 17.7 Å². The van der Waals surface area contributed by atoms with E-state index in [9.17, 15) is 19.2 Å². The molecule has 0 saturated carbocycles. The van der Waals surface area contributed by atoms with Crippen molar-refractivity contribution in [1.82, 2.24) is 9.80 Å². The number of hydrogen-bond donors (Lipinski definition) is 2. The number of primary amides is 1. The highest BCUT2D eigenvalue weighted by atomic mass is 35.5. The van der Waals surface area contributed by atoms with E-state index in [1.165, 1.54) is 9.80 Å². The first-order chi connectivity index (χ1) is 12.4. The Morgan fingerprint density at radius 1 is 1.15 bits per heavy atom. The number of carbonyl (C=O) groups excluding carboxylic acids is 4. The van der Waals surface area contributed by atoms with Crippen LogP contribution in [-0.2, 0) is 30.5 Å². The average molecular weight is 399 g/mol. The van der Waals surface area contributed by atoms with Crippen LogP contribution in [0.3, 0.4) is 0 Å². The molecule has 0 aliphatic carbocycles. The number of rotatable bonds is 7. The van der Waals surface area contributed by atoms with E-state index in [1.807, 2.05) is 30.3 Å². The normalized spacial score (nSPS) is 16.5. The summed E-state index contributed by atoms with van der Waals surface area (Å²) >= 11 is 0. The zero-order chi connectivity index (χ0) is 19.1. The SMILES string of the molecule is Cl.NCC(=O)N1CCN(CC(=O)OCc2ccccc2)C(=O)[C@@H]1CC(N)=O. The molecule has 1 aromatic rings. The number of carbonyl (C=O) groups is 4. The van der Waals surface area contributed by atoms with Crippen molar-refractivity contribution in [2.45, 2.75) is 19.1 Å². The van der Waals surface area contributed by atoms with Crippen LogP contribution in [0.25, 0.3) is 0 Å². The molecule has 1 atom stereocenters. The van der Waals surface area contributed by atoms with Crippen LogP contribution in [0.15, 0.2) is 30.3 Å². The molecule has 0 aromatic heterocycles. The molecule has 1 heterocycles. The summed E-state index contributed by atoms with van der Waals surface area (Å²) in [5, 5.41) is 0. The maximum absolute atomic E-state index is 12.6. The Bertz CT molecular complexity index is 685. The number of esters is 1. The van der Waals surface area contributed by atoms with Crippen LogP contribution < -0.4 is 11.5 Å². The first kappa shape index (κ1) is 22.4. The number of nitrogens with zero attached hydrogens (tertiary/aromatic N) is 2. The lowest BCUT2D eigenvalue weighted by Gasteiger charge is -2.39. The van der Waals surface area contributed by atoms with Crippen LogP contribution in [0, 0.1) is 0 Å². The number of piperazine rings is 1. The molecule has 1 aliphatic heterocycles. The highest BCUT2D eigenvalue weighted by Gasteiger charge is 2.38. The van der Waals surface area contributed by atoms with Crippen molar-refractivity contribution in [3.63, 3.8) is 0 Å². The standard InChI is InChI=1S/C17H22N4O5.ClH/c18-9-15(23)21-7-6-20(17(25)13(21)8-14(19)22)10-16(24)26-11-12-4-2-1-3-5-12;/h1-5,13H,6-11,18H2,(H2,19,22);1H/t13-;/m0./s1. The van der Waals surface area contributed by atoms with E-state index in [1.54, 1.807) is 0 Å². The van der Waals surface area contributed by atoms with Crippen molar-refractivity contribution in [3.8, 4) is 0 Å². The maximum Gasteiger partial charge on any atom is 0.325 e. The van der Waals surface area contributed by atoms with Crippen LogP contribution in [0.1, 0.15) is 12.0 Å². The van der Waals surface area contributed by atoms with Crippen molar-refractivity contribution in [2.24, 2.45) is 11.5 Å². The molecule has 4 N–H and O–H groups in total. The molecule has 0 bridgehead atoms. The first-order valence-corrected chi connectivity index (χ1v) is 8.18. The van der Waals surface area contributed by atoms with Gasteiger partial charge in [-0.15, -0.1) is 12.4 Å². The molecule has 1 aliphatic rings. The van der Waals surface area contributed by atoms with Gasteiger partial charge in [0.25, 0.3) is 0 Å². The molecule has 27 heavy (non-hydrogen) atoms. The van der Waals surface area contributed by atoms with E-state index >= 15 is 0 Å². The van der Waals surface area contributed by atoms with Crippen molar-refractivity contribution >= 4 is 36.1 Å². The fraction of sp³-hybridized carbons (Fsp3) is 0.412. The fourth-order valence-corrected chi connectivity index (χ4v) is 2.74. The van der Waals surface area contributed by atoms with E-state index in [4.69, 9.17) is 16.2 Å². The molecule has 2 rings (SSSR count). The van der Waals surface area contributed by atoms with Crippen molar-refractivity contribution in [2.75, 3.05) is 26.2 Å². The van der Waals surface area contributed by atoms with Crippen molar-refractivity contribution < 1.29 is 23.9 Å². The van der Waals surface area contributed by atoms with Gasteiger partial charge in [-0.05, 0) is 5.56 Å². The predicted molar refractivity (Wildman–Crippen MR) is 98.4 cm³/mol. The number of hydrogen-bond acceptors (Lipinski definition) is 6. The predicted octanol–water partition coefficient (Wildman–Crippen LogP) is -0.975. The minimum Gasteiger partial charge on any atom is -0.459 e. The number of ether oxygens (including phenoxy) is 1. The summed E-state index contributed by atoms with van der Waals surface area (Å²) in [6, 6.07) is 8.10. The Balaban J connectivity index is 0.00000364. The van der Waals surface area contributed by atoms with E-state index in [0.717, 1.165) is 5.56 Å². The summed E-state index contributed by atoms with van der Waals surface area (Å²) < 4.78 is 5.17. The van der Waals surface area contributed by atoms with Gasteiger partial charge in [-0.2, -0.15) is 0 Å². The molecule has 0 unspecified atom stereocenters. The second-order valence-corrected chi connectivity index (χ2v) is 5.88. The highest BCUT2D eigenvalue weighted by Crippen LogP contribution is 2.15. The van der Waals surface area contributed by atoms with Gasteiger partial charge in [-0.3, -0.25) is 19.2 Å². The molecular weight excluding hydrogens is 376 g/mol. The molecule has 3 amide bonds. The molecule has 1 aromatic carbocycles. The van der Waals surface area contributed by atoms with E-state index in [0.29, 0.717) is 0 Å². The van der Waals surface area contributed by atoms with Gasteiger partial charge in [0.15, 0.2) is 0 Å². The molecule has 10 heteroatoms. The smallest absolute Gasteiger partial charge is 0.325 e.